The number of unbranched alkanes of at least 4 members (excludes halogenated alkanes) is 1. The molecule has 0 atom stereocenters. The van der Waals surface area contributed by atoms with Crippen LogP contribution in [0.2, 0.25) is 0 Å². The Morgan fingerprint density at radius 1 is 0.913 bits per heavy atom. The van der Waals surface area contributed by atoms with Crippen molar-refractivity contribution >= 4 is 0 Å². The zero-order chi connectivity index (χ0) is 16.3. The second-order valence-corrected chi connectivity index (χ2v) is 5.38. The highest BCUT2D eigenvalue weighted by Gasteiger charge is 1.99. The molecule has 2 rings (SSSR count). The molecule has 0 N–H and O–H groups in total. The summed E-state index contributed by atoms with van der Waals surface area (Å²) in [5.74, 6) is 5.14. The lowest BCUT2D eigenvalue weighted by Crippen LogP contribution is -2.20. The topological polar surface area (TPSA) is 21.7 Å². The monoisotopic (exact) mass is 309 g/mol. The van der Waals surface area contributed by atoms with E-state index in [1.165, 1.54) is 0 Å². The number of nitrogens with zero attached hydrogens (tertiary/aromatic N) is 1. The molecule has 120 valence electrons. The minimum Gasteiger partial charge on any atom is -0.494 e. The van der Waals surface area contributed by atoms with E-state index in [1.54, 1.807) is 0 Å². The van der Waals surface area contributed by atoms with Crippen LogP contribution in [-0.4, -0.2) is 31.6 Å². The van der Waals surface area contributed by atoms with Crippen LogP contribution in [0.15, 0.2) is 54.6 Å². The van der Waals surface area contributed by atoms with Crippen molar-refractivity contribution in [1.82, 2.24) is 4.90 Å². The molecule has 0 radical (unpaired) electrons. The van der Waals surface area contributed by atoms with Crippen molar-refractivity contribution in [2.75, 3.05) is 26.7 Å². The van der Waals surface area contributed by atoms with Gasteiger partial charge in [-0.15, -0.1) is 6.42 Å². The molecule has 0 saturated carbocycles. The van der Waals surface area contributed by atoms with Gasteiger partial charge < -0.3 is 9.47 Å². The number of terminal acetylenes is 1. The number of benzene rings is 2. The third-order valence-corrected chi connectivity index (χ3v) is 3.37. The fourth-order valence-electron chi connectivity index (χ4n) is 2.14. The second-order valence-electron chi connectivity index (χ2n) is 5.38. The van der Waals surface area contributed by atoms with Gasteiger partial charge in [0.2, 0.25) is 0 Å². The molecule has 0 spiro atoms. The molecule has 0 aromatic heterocycles. The van der Waals surface area contributed by atoms with E-state index in [4.69, 9.17) is 15.9 Å². The summed E-state index contributed by atoms with van der Waals surface area (Å²) in [5.41, 5.74) is 0. The zero-order valence-electron chi connectivity index (χ0n) is 13.6. The predicted molar refractivity (Wildman–Crippen MR) is 94.0 cm³/mol. The van der Waals surface area contributed by atoms with Gasteiger partial charge >= 0.3 is 0 Å². The van der Waals surface area contributed by atoms with Gasteiger partial charge in [0.05, 0.1) is 13.2 Å². The van der Waals surface area contributed by atoms with Gasteiger partial charge in [0.15, 0.2) is 0 Å². The molecule has 0 aliphatic carbocycles. The number of ether oxygens (including phenoxy) is 2. The van der Waals surface area contributed by atoms with Gasteiger partial charge in [0.1, 0.15) is 17.2 Å². The Labute approximate surface area is 138 Å². The smallest absolute Gasteiger partial charge is 0.127 e. The molecule has 0 bridgehead atoms. The van der Waals surface area contributed by atoms with Crippen LogP contribution in [-0.2, 0) is 0 Å². The summed E-state index contributed by atoms with van der Waals surface area (Å²) in [6.45, 7) is 2.41. The van der Waals surface area contributed by atoms with Crippen LogP contribution in [0.3, 0.4) is 0 Å². The minimum atomic E-state index is 0.698. The van der Waals surface area contributed by atoms with Crippen molar-refractivity contribution in [2.24, 2.45) is 0 Å². The number of para-hydroxylation sites is 1. The summed E-state index contributed by atoms with van der Waals surface area (Å²) in [7, 11) is 2.03. The highest BCUT2D eigenvalue weighted by molar-refractivity contribution is 5.35. The summed E-state index contributed by atoms with van der Waals surface area (Å²) < 4.78 is 11.5. The van der Waals surface area contributed by atoms with E-state index in [1.807, 2.05) is 61.6 Å². The van der Waals surface area contributed by atoms with Crippen LogP contribution in [0.25, 0.3) is 0 Å². The van der Waals surface area contributed by atoms with E-state index < -0.39 is 0 Å². The summed E-state index contributed by atoms with van der Waals surface area (Å²) in [6.07, 6.45) is 7.36. The van der Waals surface area contributed by atoms with Crippen LogP contribution in [0.5, 0.6) is 17.2 Å². The lowest BCUT2D eigenvalue weighted by atomic mass is 10.3. The maximum Gasteiger partial charge on any atom is 0.127 e. The maximum atomic E-state index is 5.75. The van der Waals surface area contributed by atoms with E-state index in [2.05, 4.69) is 10.8 Å². The molecule has 0 unspecified atom stereocenters. The average molecular weight is 309 g/mol. The highest BCUT2D eigenvalue weighted by atomic mass is 16.5. The molecule has 2 aromatic rings. The van der Waals surface area contributed by atoms with Crippen LogP contribution >= 0.6 is 0 Å². The molecule has 0 saturated heterocycles. The zero-order valence-corrected chi connectivity index (χ0v) is 13.6. The van der Waals surface area contributed by atoms with E-state index in [0.29, 0.717) is 13.2 Å². The first-order chi connectivity index (χ1) is 11.3. The van der Waals surface area contributed by atoms with Crippen molar-refractivity contribution in [2.45, 2.75) is 12.8 Å². The Kier molecular flexibility index (Phi) is 7.03. The second kappa shape index (κ2) is 9.55. The molecule has 0 fully saturated rings. The number of hydrogen-bond donors (Lipinski definition) is 0. The SMILES string of the molecule is C#CCN(C)CCCCOc1ccc(Oc2ccccc2)cc1. The lowest BCUT2D eigenvalue weighted by molar-refractivity contribution is 0.288. The molecule has 3 nitrogen and oxygen atoms in total. The third kappa shape index (κ3) is 6.46. The maximum absolute atomic E-state index is 5.75. The highest BCUT2D eigenvalue weighted by Crippen LogP contribution is 2.23. The van der Waals surface area contributed by atoms with Gasteiger partial charge in [-0.1, -0.05) is 24.1 Å². The molecule has 0 aliphatic rings. The molecule has 2 aromatic carbocycles. The van der Waals surface area contributed by atoms with E-state index in [-0.39, 0.29) is 0 Å². The molecular formula is C20H23NO2. The van der Waals surface area contributed by atoms with Crippen molar-refractivity contribution in [1.29, 1.82) is 0 Å². The fraction of sp³-hybridized carbons (Fsp3) is 0.300. The van der Waals surface area contributed by atoms with E-state index >= 15 is 0 Å². The number of rotatable bonds is 9. The van der Waals surface area contributed by atoms with Crippen molar-refractivity contribution in [3.05, 3.63) is 54.6 Å². The van der Waals surface area contributed by atoms with Crippen LogP contribution in [0.4, 0.5) is 0 Å². The standard InChI is InChI=1S/C20H23NO2/c1-3-15-21(2)16-7-8-17-22-18-11-13-20(14-12-18)23-19-9-5-4-6-10-19/h1,4-6,9-14H,7-8,15-17H2,2H3. The Morgan fingerprint density at radius 2 is 1.57 bits per heavy atom. The van der Waals surface area contributed by atoms with Crippen molar-refractivity contribution in [3.63, 3.8) is 0 Å². The van der Waals surface area contributed by atoms with E-state index in [0.717, 1.165) is 36.6 Å². The molecule has 3 heteroatoms. The molecule has 0 aliphatic heterocycles. The first kappa shape index (κ1) is 16.9. The normalized spacial score (nSPS) is 10.3. The quantitative estimate of drug-likeness (QED) is 0.512. The van der Waals surface area contributed by atoms with Gasteiger partial charge in [0.25, 0.3) is 0 Å². The summed E-state index contributed by atoms with van der Waals surface area (Å²) in [4.78, 5) is 2.13. The Hall–Kier alpha value is -2.44. The van der Waals surface area contributed by atoms with Crippen LogP contribution in [0.1, 0.15) is 12.8 Å². The first-order valence-corrected chi connectivity index (χ1v) is 7.85. The first-order valence-electron chi connectivity index (χ1n) is 7.85. The van der Waals surface area contributed by atoms with Gasteiger partial charge in [0, 0.05) is 0 Å². The Morgan fingerprint density at radius 3 is 2.26 bits per heavy atom. The number of hydrogen-bond acceptors (Lipinski definition) is 3. The van der Waals surface area contributed by atoms with Crippen molar-refractivity contribution < 1.29 is 9.47 Å². The largest absolute Gasteiger partial charge is 0.494 e. The van der Waals surface area contributed by atoms with E-state index in [9.17, 15) is 0 Å². The predicted octanol–water partition coefficient (Wildman–Crippen LogP) is 4.20. The molecular weight excluding hydrogens is 286 g/mol. The minimum absolute atomic E-state index is 0.698. The summed E-state index contributed by atoms with van der Waals surface area (Å²) in [6, 6.07) is 17.4. The van der Waals surface area contributed by atoms with Crippen molar-refractivity contribution in [3.8, 4) is 29.6 Å². The summed E-state index contributed by atoms with van der Waals surface area (Å²) in [5, 5.41) is 0. The molecule has 23 heavy (non-hydrogen) atoms. The van der Waals surface area contributed by atoms with Gasteiger partial charge in [-0.3, -0.25) is 4.90 Å². The van der Waals surface area contributed by atoms with Crippen LogP contribution in [0, 0.1) is 12.3 Å². The van der Waals surface area contributed by atoms with Gasteiger partial charge in [-0.25, -0.2) is 0 Å². The lowest BCUT2D eigenvalue weighted by Gasteiger charge is -2.13. The van der Waals surface area contributed by atoms with Gasteiger partial charge in [-0.2, -0.15) is 0 Å². The third-order valence-electron chi connectivity index (χ3n) is 3.37. The fourth-order valence-corrected chi connectivity index (χ4v) is 2.14. The summed E-state index contributed by atoms with van der Waals surface area (Å²) >= 11 is 0. The average Bonchev–Trinajstić information content (AvgIpc) is 2.57. The molecule has 0 amide bonds. The van der Waals surface area contributed by atoms with Gasteiger partial charge in [-0.05, 0) is 62.8 Å². The van der Waals surface area contributed by atoms with Crippen LogP contribution < -0.4 is 9.47 Å². The Balaban J connectivity index is 1.68. The Bertz CT molecular complexity index is 602. The molecule has 0 heterocycles.